The number of nitrogens with one attached hydrogen (secondary N) is 1. The second-order valence-electron chi connectivity index (χ2n) is 4.44. The van der Waals surface area contributed by atoms with Crippen molar-refractivity contribution in [2.75, 3.05) is 12.5 Å². The van der Waals surface area contributed by atoms with Crippen LogP contribution in [0, 0.1) is 0 Å². The lowest BCUT2D eigenvalue weighted by atomic mass is 10.2. The number of halogens is 1. The molecule has 1 aromatic heterocycles. The molecule has 1 heterocycles. The summed E-state index contributed by atoms with van der Waals surface area (Å²) in [5, 5.41) is 0.791. The highest BCUT2D eigenvalue weighted by atomic mass is 35.5. The first-order valence-corrected chi connectivity index (χ1v) is 6.40. The van der Waals surface area contributed by atoms with Crippen LogP contribution in [0.25, 0.3) is 0 Å². The van der Waals surface area contributed by atoms with Gasteiger partial charge in [-0.25, -0.2) is 0 Å². The smallest absolute Gasteiger partial charge is 0.0564 e. The molecule has 0 amide bonds. The van der Waals surface area contributed by atoms with E-state index in [9.17, 15) is 0 Å². The molecule has 1 aromatic carbocycles. The number of hydrogen-bond donors (Lipinski definition) is 2. The summed E-state index contributed by atoms with van der Waals surface area (Å²) in [6, 6.07) is 11.6. The molecule has 0 bridgehead atoms. The molecule has 0 radical (unpaired) electrons. The Morgan fingerprint density at radius 3 is 2.79 bits per heavy atom. The normalized spacial score (nSPS) is 10.7. The molecule has 0 unspecified atom stereocenters. The van der Waals surface area contributed by atoms with Crippen molar-refractivity contribution in [3.63, 3.8) is 0 Å². The third kappa shape index (κ3) is 3.92. The van der Waals surface area contributed by atoms with E-state index in [1.165, 1.54) is 0 Å². The monoisotopic (exact) mass is 276 g/mol. The predicted molar refractivity (Wildman–Crippen MR) is 78.7 cm³/mol. The molecule has 2 rings (SSSR count). The fourth-order valence-corrected chi connectivity index (χ4v) is 2.10. The fraction of sp³-hybridized carbons (Fsp3) is 0.214. The summed E-state index contributed by atoms with van der Waals surface area (Å²) in [6.07, 6.45) is 1.74. The number of rotatable bonds is 5. The van der Waals surface area contributed by atoms with Crippen molar-refractivity contribution < 1.29 is 0 Å². The average Bonchev–Trinajstić information content (AvgIpc) is 2.41. The van der Waals surface area contributed by atoms with Gasteiger partial charge < -0.3 is 5.43 Å². The molecule has 0 aliphatic heterocycles. The van der Waals surface area contributed by atoms with Crippen molar-refractivity contribution in [2.45, 2.75) is 13.1 Å². The SMILES string of the molecule is CN(Cc1cc(NN)ccn1)Cc1ccccc1Cl. The first-order valence-electron chi connectivity index (χ1n) is 6.02. The first kappa shape index (κ1) is 13.8. The van der Waals surface area contributed by atoms with E-state index in [1.54, 1.807) is 6.20 Å². The molecular formula is C14H17ClN4. The highest BCUT2D eigenvalue weighted by molar-refractivity contribution is 6.31. The molecule has 3 N–H and O–H groups in total. The standard InChI is InChI=1S/C14H17ClN4/c1-19(9-11-4-2-3-5-14(11)15)10-13-8-12(18-16)6-7-17-13/h2-8H,9-10,16H2,1H3,(H,17,18). The molecule has 0 saturated carbocycles. The molecule has 0 aliphatic carbocycles. The largest absolute Gasteiger partial charge is 0.324 e. The second-order valence-corrected chi connectivity index (χ2v) is 4.85. The fourth-order valence-electron chi connectivity index (χ4n) is 1.90. The maximum atomic E-state index is 6.15. The molecule has 2 aromatic rings. The van der Waals surface area contributed by atoms with Gasteiger partial charge >= 0.3 is 0 Å². The van der Waals surface area contributed by atoms with Gasteiger partial charge in [0, 0.05) is 24.3 Å². The summed E-state index contributed by atoms with van der Waals surface area (Å²) in [4.78, 5) is 6.48. The van der Waals surface area contributed by atoms with Crippen LogP contribution in [-0.2, 0) is 13.1 Å². The minimum Gasteiger partial charge on any atom is -0.324 e. The van der Waals surface area contributed by atoms with E-state index in [0.717, 1.165) is 35.1 Å². The summed E-state index contributed by atoms with van der Waals surface area (Å²) in [5.41, 5.74) is 5.55. The first-order chi connectivity index (χ1) is 9.19. The Balaban J connectivity index is 2.01. The number of aromatic nitrogens is 1. The Bertz CT molecular complexity index is 544. The lowest BCUT2D eigenvalue weighted by Crippen LogP contribution is -2.18. The molecule has 0 spiro atoms. The predicted octanol–water partition coefficient (Wildman–Crippen LogP) is 2.65. The molecule has 0 fully saturated rings. The summed E-state index contributed by atoms with van der Waals surface area (Å²) in [6.45, 7) is 1.52. The lowest BCUT2D eigenvalue weighted by Gasteiger charge is -2.17. The molecule has 0 atom stereocenters. The Morgan fingerprint density at radius 1 is 1.26 bits per heavy atom. The van der Waals surface area contributed by atoms with Crippen molar-refractivity contribution in [3.05, 3.63) is 58.9 Å². The van der Waals surface area contributed by atoms with Gasteiger partial charge in [0.15, 0.2) is 0 Å². The summed E-state index contributed by atoms with van der Waals surface area (Å²) in [7, 11) is 2.04. The number of anilines is 1. The van der Waals surface area contributed by atoms with E-state index in [1.807, 2.05) is 43.4 Å². The van der Waals surface area contributed by atoms with Crippen LogP contribution >= 0.6 is 11.6 Å². The Kier molecular flexibility index (Phi) is 4.74. The molecule has 0 saturated heterocycles. The molecule has 100 valence electrons. The van der Waals surface area contributed by atoms with Crippen LogP contribution in [-0.4, -0.2) is 16.9 Å². The van der Waals surface area contributed by atoms with Crippen LogP contribution in [0.2, 0.25) is 5.02 Å². The molecule has 19 heavy (non-hydrogen) atoms. The van der Waals surface area contributed by atoms with Crippen LogP contribution < -0.4 is 11.3 Å². The van der Waals surface area contributed by atoms with Crippen LogP contribution in [0.5, 0.6) is 0 Å². The molecule has 4 nitrogen and oxygen atoms in total. The maximum Gasteiger partial charge on any atom is 0.0564 e. The van der Waals surface area contributed by atoms with Gasteiger partial charge in [-0.15, -0.1) is 0 Å². The van der Waals surface area contributed by atoms with Crippen molar-refractivity contribution in [1.29, 1.82) is 0 Å². The average molecular weight is 277 g/mol. The van der Waals surface area contributed by atoms with Crippen LogP contribution in [0.3, 0.4) is 0 Å². The quantitative estimate of drug-likeness (QED) is 0.651. The summed E-state index contributed by atoms with van der Waals surface area (Å²) >= 11 is 6.15. The Hall–Kier alpha value is -1.62. The maximum absolute atomic E-state index is 6.15. The number of hydrazine groups is 1. The number of nitrogen functional groups attached to an aromatic ring is 1. The van der Waals surface area contributed by atoms with Crippen LogP contribution in [0.15, 0.2) is 42.6 Å². The van der Waals surface area contributed by atoms with Gasteiger partial charge in [0.05, 0.1) is 11.4 Å². The van der Waals surface area contributed by atoms with Crippen LogP contribution in [0.1, 0.15) is 11.3 Å². The molecular weight excluding hydrogens is 260 g/mol. The lowest BCUT2D eigenvalue weighted by molar-refractivity contribution is 0.315. The van der Waals surface area contributed by atoms with Gasteiger partial charge in [-0.2, -0.15) is 0 Å². The van der Waals surface area contributed by atoms with Gasteiger partial charge in [0.1, 0.15) is 0 Å². The van der Waals surface area contributed by atoms with Crippen molar-refractivity contribution in [2.24, 2.45) is 5.84 Å². The zero-order valence-corrected chi connectivity index (χ0v) is 11.6. The zero-order valence-electron chi connectivity index (χ0n) is 10.8. The van der Waals surface area contributed by atoms with Crippen molar-refractivity contribution >= 4 is 17.3 Å². The highest BCUT2D eigenvalue weighted by Gasteiger charge is 2.06. The van der Waals surface area contributed by atoms with Crippen molar-refractivity contribution in [1.82, 2.24) is 9.88 Å². The van der Waals surface area contributed by atoms with Crippen molar-refractivity contribution in [3.8, 4) is 0 Å². The van der Waals surface area contributed by atoms with Gasteiger partial charge in [0.2, 0.25) is 0 Å². The van der Waals surface area contributed by atoms with E-state index >= 15 is 0 Å². The van der Waals surface area contributed by atoms with Gasteiger partial charge in [0.25, 0.3) is 0 Å². The van der Waals surface area contributed by atoms with Gasteiger partial charge in [-0.3, -0.25) is 15.7 Å². The highest BCUT2D eigenvalue weighted by Crippen LogP contribution is 2.17. The number of pyridine rings is 1. The number of hydrogen-bond acceptors (Lipinski definition) is 4. The molecule has 5 heteroatoms. The minimum atomic E-state index is 0.737. The number of nitrogens with two attached hydrogens (primary N) is 1. The number of benzene rings is 1. The zero-order chi connectivity index (χ0) is 13.7. The summed E-state index contributed by atoms with van der Waals surface area (Å²) in [5.74, 6) is 5.38. The van der Waals surface area contributed by atoms with Crippen LogP contribution in [0.4, 0.5) is 5.69 Å². The third-order valence-electron chi connectivity index (χ3n) is 2.81. The summed E-state index contributed by atoms with van der Waals surface area (Å²) < 4.78 is 0. The topological polar surface area (TPSA) is 54.2 Å². The van der Waals surface area contributed by atoms with Gasteiger partial charge in [-0.1, -0.05) is 29.8 Å². The van der Waals surface area contributed by atoms with E-state index in [4.69, 9.17) is 17.4 Å². The third-order valence-corrected chi connectivity index (χ3v) is 3.18. The minimum absolute atomic E-state index is 0.737. The van der Waals surface area contributed by atoms with E-state index in [-0.39, 0.29) is 0 Å². The Labute approximate surface area is 118 Å². The van der Waals surface area contributed by atoms with E-state index in [0.29, 0.717) is 0 Å². The van der Waals surface area contributed by atoms with E-state index < -0.39 is 0 Å². The molecule has 0 aliphatic rings. The number of nitrogens with zero attached hydrogens (tertiary/aromatic N) is 2. The Morgan fingerprint density at radius 2 is 2.05 bits per heavy atom. The second kappa shape index (κ2) is 6.52. The van der Waals surface area contributed by atoms with E-state index in [2.05, 4.69) is 15.3 Å². The van der Waals surface area contributed by atoms with Gasteiger partial charge in [-0.05, 0) is 30.8 Å².